The first-order valence-corrected chi connectivity index (χ1v) is 12.1. The van der Waals surface area contributed by atoms with E-state index < -0.39 is 6.10 Å². The molecule has 1 saturated carbocycles. The third-order valence-corrected chi connectivity index (χ3v) is 7.39. The summed E-state index contributed by atoms with van der Waals surface area (Å²) in [6.45, 7) is 3.22. The third kappa shape index (κ3) is 4.82. The maximum absolute atomic E-state index is 13.6. The molecule has 176 valence electrons. The van der Waals surface area contributed by atoms with Crippen molar-refractivity contribution in [3.8, 4) is 0 Å². The van der Waals surface area contributed by atoms with Crippen molar-refractivity contribution in [2.75, 3.05) is 13.2 Å². The van der Waals surface area contributed by atoms with Crippen molar-refractivity contribution in [1.82, 2.24) is 4.90 Å². The minimum absolute atomic E-state index is 0.121. The molecule has 0 N–H and O–H groups in total. The molecule has 2 aliphatic heterocycles. The maximum atomic E-state index is 13.6. The maximum Gasteiger partial charge on any atom is 0.313 e. The Morgan fingerprint density at radius 2 is 1.58 bits per heavy atom. The van der Waals surface area contributed by atoms with Crippen LogP contribution in [0.4, 0.5) is 8.78 Å². The molecule has 5 rings (SSSR count). The highest BCUT2D eigenvalue weighted by atomic mass is 19.1. The highest BCUT2D eigenvalue weighted by molar-refractivity contribution is 5.74. The van der Waals surface area contributed by atoms with Crippen LogP contribution >= 0.6 is 0 Å². The van der Waals surface area contributed by atoms with Gasteiger partial charge in [-0.2, -0.15) is 0 Å². The molecule has 2 heterocycles. The quantitative estimate of drug-likeness (QED) is 0.509. The van der Waals surface area contributed by atoms with Crippen molar-refractivity contribution < 1.29 is 23.0 Å². The Morgan fingerprint density at radius 1 is 0.970 bits per heavy atom. The topological polar surface area (TPSA) is 38.8 Å². The molecule has 2 saturated heterocycles. The molecule has 0 aromatic heterocycles. The lowest BCUT2D eigenvalue weighted by atomic mass is 9.86. The summed E-state index contributed by atoms with van der Waals surface area (Å²) in [5.41, 5.74) is 1.55. The van der Waals surface area contributed by atoms with E-state index in [1.54, 1.807) is 24.3 Å². The molecule has 0 amide bonds. The summed E-state index contributed by atoms with van der Waals surface area (Å²) in [4.78, 5) is 15.7. The van der Waals surface area contributed by atoms with Crippen LogP contribution < -0.4 is 0 Å². The summed E-state index contributed by atoms with van der Waals surface area (Å²) < 4.78 is 39.5. The fourth-order valence-corrected chi connectivity index (χ4v) is 5.64. The smallest absolute Gasteiger partial charge is 0.313 e. The molecule has 6 heteroatoms. The van der Waals surface area contributed by atoms with Crippen molar-refractivity contribution in [3.05, 3.63) is 71.3 Å². The number of hydrogen-bond donors (Lipinski definition) is 0. The molecule has 2 unspecified atom stereocenters. The summed E-state index contributed by atoms with van der Waals surface area (Å²) in [5, 5.41) is 0. The van der Waals surface area contributed by atoms with Crippen LogP contribution in [0.1, 0.15) is 56.3 Å². The van der Waals surface area contributed by atoms with Crippen LogP contribution in [-0.2, 0) is 14.3 Å². The molecule has 4 nitrogen and oxygen atoms in total. The van der Waals surface area contributed by atoms with E-state index in [-0.39, 0.29) is 35.7 Å². The van der Waals surface area contributed by atoms with Gasteiger partial charge in [-0.05, 0) is 80.3 Å². The van der Waals surface area contributed by atoms with Crippen LogP contribution in [0.15, 0.2) is 48.5 Å². The number of ether oxygens (including phenoxy) is 2. The van der Waals surface area contributed by atoms with Crippen LogP contribution in [-0.4, -0.2) is 42.2 Å². The SMILES string of the molecule is CCOC(=O)[C@@H]1C2CCC(C[C@@H]1OC(c1ccc(F)cc1)c1ccc(F)cc1)N2CC1CC1. The first-order valence-electron chi connectivity index (χ1n) is 12.1. The second-order valence-corrected chi connectivity index (χ2v) is 9.61. The van der Waals surface area contributed by atoms with Gasteiger partial charge in [0.1, 0.15) is 17.7 Å². The zero-order valence-corrected chi connectivity index (χ0v) is 19.0. The third-order valence-electron chi connectivity index (χ3n) is 7.39. The van der Waals surface area contributed by atoms with Gasteiger partial charge in [-0.15, -0.1) is 0 Å². The standard InChI is InChI=1S/C27H31F2NO3/c1-2-32-27(31)25-23-14-13-22(30(23)16-17-3-4-17)15-24(25)33-26(18-5-9-20(28)10-6-18)19-7-11-21(29)12-8-19/h5-12,17,22-26H,2-4,13-16H2,1H3/t22?,23?,24-,25+/m0/s1. The summed E-state index contributed by atoms with van der Waals surface area (Å²) in [7, 11) is 0. The molecule has 33 heavy (non-hydrogen) atoms. The Labute approximate surface area is 193 Å². The first-order chi connectivity index (χ1) is 16.0. The summed E-state index contributed by atoms with van der Waals surface area (Å²) >= 11 is 0. The highest BCUT2D eigenvalue weighted by Crippen LogP contribution is 2.45. The van der Waals surface area contributed by atoms with E-state index >= 15 is 0 Å². The van der Waals surface area contributed by atoms with Gasteiger partial charge in [0.15, 0.2) is 0 Å². The zero-order chi connectivity index (χ0) is 22.9. The Kier molecular flexibility index (Phi) is 6.48. The minimum Gasteiger partial charge on any atom is -0.466 e. The highest BCUT2D eigenvalue weighted by Gasteiger charge is 2.52. The molecular weight excluding hydrogens is 424 g/mol. The Bertz CT molecular complexity index is 915. The van der Waals surface area contributed by atoms with Crippen LogP contribution in [0.3, 0.4) is 0 Å². The summed E-state index contributed by atoms with van der Waals surface area (Å²) in [6, 6.07) is 12.9. The van der Waals surface area contributed by atoms with Gasteiger partial charge in [-0.3, -0.25) is 9.69 Å². The van der Waals surface area contributed by atoms with Gasteiger partial charge in [-0.1, -0.05) is 24.3 Å². The molecule has 3 fully saturated rings. The monoisotopic (exact) mass is 455 g/mol. The molecule has 4 atom stereocenters. The lowest BCUT2D eigenvalue weighted by Gasteiger charge is -2.44. The van der Waals surface area contributed by atoms with Crippen molar-refractivity contribution in [1.29, 1.82) is 0 Å². The number of fused-ring (bicyclic) bond motifs is 2. The fourth-order valence-electron chi connectivity index (χ4n) is 5.64. The van der Waals surface area contributed by atoms with Crippen LogP contribution in [0.25, 0.3) is 0 Å². The number of piperidine rings is 1. The minimum atomic E-state index is -0.525. The number of esters is 1. The van der Waals surface area contributed by atoms with E-state index in [9.17, 15) is 13.6 Å². The van der Waals surface area contributed by atoms with E-state index in [0.717, 1.165) is 42.9 Å². The zero-order valence-electron chi connectivity index (χ0n) is 19.0. The van der Waals surface area contributed by atoms with Crippen molar-refractivity contribution in [2.24, 2.45) is 11.8 Å². The lowest BCUT2D eigenvalue weighted by Crippen LogP contribution is -2.55. The Hall–Kier alpha value is -2.31. The molecule has 2 bridgehead atoms. The Morgan fingerprint density at radius 3 is 2.12 bits per heavy atom. The van der Waals surface area contributed by atoms with E-state index in [0.29, 0.717) is 12.6 Å². The van der Waals surface area contributed by atoms with Crippen molar-refractivity contribution in [2.45, 2.75) is 63.3 Å². The number of nitrogens with zero attached hydrogens (tertiary/aromatic N) is 1. The molecule has 0 spiro atoms. The molecular formula is C27H31F2NO3. The van der Waals surface area contributed by atoms with Gasteiger partial charge in [0.05, 0.1) is 18.6 Å². The van der Waals surface area contributed by atoms with Gasteiger partial charge in [0, 0.05) is 18.6 Å². The first kappa shape index (κ1) is 22.5. The van der Waals surface area contributed by atoms with Gasteiger partial charge in [-0.25, -0.2) is 8.78 Å². The fraction of sp³-hybridized carbons (Fsp3) is 0.519. The largest absolute Gasteiger partial charge is 0.466 e. The molecule has 2 aromatic carbocycles. The number of rotatable bonds is 8. The average molecular weight is 456 g/mol. The molecule has 3 aliphatic rings. The van der Waals surface area contributed by atoms with Gasteiger partial charge in [0.2, 0.25) is 0 Å². The van der Waals surface area contributed by atoms with Crippen LogP contribution in [0.5, 0.6) is 0 Å². The molecule has 2 aromatic rings. The molecule has 0 radical (unpaired) electrons. The lowest BCUT2D eigenvalue weighted by molar-refractivity contribution is -0.165. The summed E-state index contributed by atoms with van der Waals surface area (Å²) in [5.74, 6) is -0.476. The predicted octanol–water partition coefficient (Wildman–Crippen LogP) is 5.27. The average Bonchev–Trinajstić information content (AvgIpc) is 3.58. The Balaban J connectivity index is 1.45. The van der Waals surface area contributed by atoms with Crippen LogP contribution in [0.2, 0.25) is 0 Å². The normalized spacial score (nSPS) is 27.2. The van der Waals surface area contributed by atoms with Gasteiger partial charge < -0.3 is 9.47 Å². The van der Waals surface area contributed by atoms with Gasteiger partial charge in [0.25, 0.3) is 0 Å². The van der Waals surface area contributed by atoms with E-state index in [1.807, 2.05) is 6.92 Å². The van der Waals surface area contributed by atoms with Gasteiger partial charge >= 0.3 is 5.97 Å². The predicted molar refractivity (Wildman–Crippen MR) is 120 cm³/mol. The number of carbonyl (C=O) groups is 1. The van der Waals surface area contributed by atoms with E-state index in [2.05, 4.69) is 4.90 Å². The number of hydrogen-bond acceptors (Lipinski definition) is 4. The second kappa shape index (κ2) is 9.51. The number of halogens is 2. The van der Waals surface area contributed by atoms with Crippen LogP contribution in [0, 0.1) is 23.5 Å². The van der Waals surface area contributed by atoms with Crippen molar-refractivity contribution in [3.63, 3.8) is 0 Å². The number of benzene rings is 2. The van der Waals surface area contributed by atoms with E-state index in [4.69, 9.17) is 9.47 Å². The molecule has 1 aliphatic carbocycles. The second-order valence-electron chi connectivity index (χ2n) is 9.61. The summed E-state index contributed by atoms with van der Waals surface area (Å²) in [6.07, 6.45) is 4.49. The van der Waals surface area contributed by atoms with Crippen molar-refractivity contribution >= 4 is 5.97 Å². The number of carbonyl (C=O) groups excluding carboxylic acids is 1. The van der Waals surface area contributed by atoms with E-state index in [1.165, 1.54) is 37.1 Å².